The third-order valence-electron chi connectivity index (χ3n) is 1.84. The lowest BCUT2D eigenvalue weighted by atomic mass is 10.4. The molecular weight excluding hydrogens is 184 g/mol. The Morgan fingerprint density at radius 3 is 2.54 bits per heavy atom. The lowest BCUT2D eigenvalue weighted by Crippen LogP contribution is -2.39. The smallest absolute Gasteiger partial charge is 0.103 e. The maximum absolute atomic E-state index is 5.25. The molecule has 1 fully saturated rings. The van der Waals surface area contributed by atoms with Gasteiger partial charge < -0.3 is 14.5 Å². The van der Waals surface area contributed by atoms with Gasteiger partial charge in [-0.15, -0.1) is 0 Å². The highest BCUT2D eigenvalue weighted by Crippen LogP contribution is 2.00. The monoisotopic (exact) mass is 200 g/mol. The number of nitrogens with zero attached hydrogens (tertiary/aromatic N) is 2. The summed E-state index contributed by atoms with van der Waals surface area (Å²) in [4.78, 5) is 5.04. The van der Waals surface area contributed by atoms with E-state index in [0.717, 1.165) is 31.3 Å². The maximum atomic E-state index is 5.25. The van der Waals surface area contributed by atoms with Crippen LogP contribution in [0, 0.1) is 0 Å². The zero-order valence-electron chi connectivity index (χ0n) is 8.19. The van der Waals surface area contributed by atoms with Gasteiger partial charge in [0.05, 0.1) is 13.2 Å². The van der Waals surface area contributed by atoms with Gasteiger partial charge in [-0.25, -0.2) is 0 Å². The van der Waals surface area contributed by atoms with Gasteiger partial charge in [-0.3, -0.25) is 0 Å². The first-order valence-electron chi connectivity index (χ1n) is 4.41. The van der Waals surface area contributed by atoms with E-state index in [2.05, 4.69) is 4.90 Å². The van der Waals surface area contributed by atoms with E-state index in [9.17, 15) is 0 Å². The summed E-state index contributed by atoms with van der Waals surface area (Å²) in [5.74, 6) is 0. The summed E-state index contributed by atoms with van der Waals surface area (Å²) < 4.78 is 5.24. The molecule has 0 aromatic rings. The molecule has 1 aliphatic rings. The Morgan fingerprint density at radius 2 is 2.00 bits per heavy atom. The Balaban J connectivity index is 2.37. The van der Waals surface area contributed by atoms with Crippen LogP contribution in [0.5, 0.6) is 0 Å². The molecule has 0 bridgehead atoms. The molecule has 1 saturated heterocycles. The van der Waals surface area contributed by atoms with Crippen LogP contribution in [0.1, 0.15) is 0 Å². The van der Waals surface area contributed by atoms with Crippen molar-refractivity contribution in [2.45, 2.75) is 0 Å². The summed E-state index contributed by atoms with van der Waals surface area (Å²) in [6, 6.07) is 0. The molecule has 0 N–H and O–H groups in total. The topological polar surface area (TPSA) is 15.7 Å². The van der Waals surface area contributed by atoms with Gasteiger partial charge in [-0.05, 0) is 6.08 Å². The predicted molar refractivity (Wildman–Crippen MR) is 57.8 cm³/mol. The fourth-order valence-corrected chi connectivity index (χ4v) is 1.35. The summed E-state index contributed by atoms with van der Waals surface area (Å²) in [5, 5.41) is 0. The average molecular weight is 200 g/mol. The number of hydrogen-bond acceptors (Lipinski definition) is 3. The van der Waals surface area contributed by atoms with Crippen molar-refractivity contribution in [3.8, 4) is 0 Å². The summed E-state index contributed by atoms with van der Waals surface area (Å²) in [6.07, 6.45) is 3.93. The third-order valence-corrected chi connectivity index (χ3v) is 2.23. The van der Waals surface area contributed by atoms with Crippen LogP contribution in [0.25, 0.3) is 0 Å². The first-order chi connectivity index (χ1) is 6.20. The van der Waals surface area contributed by atoms with Gasteiger partial charge in [0.25, 0.3) is 0 Å². The van der Waals surface area contributed by atoms with E-state index in [0.29, 0.717) is 0 Å². The molecule has 1 rings (SSSR count). The molecule has 0 aromatic heterocycles. The molecule has 1 heterocycles. The Kier molecular flexibility index (Phi) is 4.18. The van der Waals surface area contributed by atoms with Crippen molar-refractivity contribution in [1.82, 2.24) is 9.80 Å². The predicted octanol–water partition coefficient (Wildman–Crippen LogP) is 0.721. The normalized spacial score (nSPS) is 17.8. The van der Waals surface area contributed by atoms with Gasteiger partial charge >= 0.3 is 0 Å². The van der Waals surface area contributed by atoms with Gasteiger partial charge in [0.1, 0.15) is 4.99 Å². The minimum atomic E-state index is 0.788. The van der Waals surface area contributed by atoms with Crippen molar-refractivity contribution in [3.05, 3.63) is 12.3 Å². The number of thiocarbonyl (C=S) groups is 1. The molecule has 0 unspecified atom stereocenters. The van der Waals surface area contributed by atoms with E-state index < -0.39 is 0 Å². The van der Waals surface area contributed by atoms with E-state index in [1.54, 1.807) is 0 Å². The molecule has 3 nitrogen and oxygen atoms in total. The van der Waals surface area contributed by atoms with Crippen molar-refractivity contribution >= 4 is 17.2 Å². The van der Waals surface area contributed by atoms with Crippen LogP contribution in [0.3, 0.4) is 0 Å². The zero-order chi connectivity index (χ0) is 9.68. The molecule has 4 heteroatoms. The fourth-order valence-electron chi connectivity index (χ4n) is 1.10. The molecule has 0 aromatic carbocycles. The molecule has 0 spiro atoms. The Labute approximate surface area is 85.0 Å². The summed E-state index contributed by atoms with van der Waals surface area (Å²) in [6.45, 7) is 3.40. The van der Waals surface area contributed by atoms with E-state index in [4.69, 9.17) is 17.0 Å². The van der Waals surface area contributed by atoms with Crippen molar-refractivity contribution in [2.24, 2.45) is 0 Å². The highest BCUT2D eigenvalue weighted by Gasteiger charge is 2.10. The van der Waals surface area contributed by atoms with Crippen LogP contribution in [0.2, 0.25) is 0 Å². The van der Waals surface area contributed by atoms with E-state index in [1.165, 1.54) is 0 Å². The average Bonchev–Trinajstić information content (AvgIpc) is 2.15. The second-order valence-corrected chi connectivity index (χ2v) is 3.64. The maximum Gasteiger partial charge on any atom is 0.103 e. The van der Waals surface area contributed by atoms with E-state index in [1.807, 2.05) is 31.3 Å². The quantitative estimate of drug-likeness (QED) is 0.482. The Morgan fingerprint density at radius 1 is 1.38 bits per heavy atom. The largest absolute Gasteiger partial charge is 0.383 e. The van der Waals surface area contributed by atoms with Crippen molar-refractivity contribution in [1.29, 1.82) is 0 Å². The van der Waals surface area contributed by atoms with Crippen molar-refractivity contribution in [2.75, 3.05) is 40.4 Å². The molecule has 74 valence electrons. The van der Waals surface area contributed by atoms with Crippen molar-refractivity contribution in [3.63, 3.8) is 0 Å². The summed E-state index contributed by atoms with van der Waals surface area (Å²) in [7, 11) is 3.97. The summed E-state index contributed by atoms with van der Waals surface area (Å²) >= 11 is 5.25. The van der Waals surface area contributed by atoms with Crippen LogP contribution in [0.4, 0.5) is 0 Å². The highest BCUT2D eigenvalue weighted by molar-refractivity contribution is 7.80. The van der Waals surface area contributed by atoms with E-state index >= 15 is 0 Å². The minimum absolute atomic E-state index is 0.788. The molecule has 1 aliphatic heterocycles. The SMILES string of the molecule is CN(C)/C=C/C(=S)N1CCOCC1. The molecular formula is C9H16N2OS. The molecule has 0 aliphatic carbocycles. The molecule has 0 amide bonds. The Hall–Kier alpha value is -0.610. The van der Waals surface area contributed by atoms with Gasteiger partial charge in [0.15, 0.2) is 0 Å². The zero-order valence-corrected chi connectivity index (χ0v) is 9.01. The highest BCUT2D eigenvalue weighted by atomic mass is 32.1. The minimum Gasteiger partial charge on any atom is -0.383 e. The second-order valence-electron chi connectivity index (χ2n) is 3.22. The van der Waals surface area contributed by atoms with Crippen LogP contribution in [0.15, 0.2) is 12.3 Å². The number of ether oxygens (including phenoxy) is 1. The van der Waals surface area contributed by atoms with Gasteiger partial charge in [-0.1, -0.05) is 12.2 Å². The lowest BCUT2D eigenvalue weighted by molar-refractivity contribution is 0.0694. The van der Waals surface area contributed by atoms with Gasteiger partial charge in [0, 0.05) is 33.4 Å². The first kappa shape index (κ1) is 10.5. The van der Waals surface area contributed by atoms with Gasteiger partial charge in [-0.2, -0.15) is 0 Å². The molecule has 0 radical (unpaired) electrons. The lowest BCUT2D eigenvalue weighted by Gasteiger charge is -2.27. The standard InChI is InChI=1S/C9H16N2OS/c1-10(2)4-3-9(13)11-5-7-12-8-6-11/h3-4H,5-8H2,1-2H3/b4-3+. The van der Waals surface area contributed by atoms with Crippen LogP contribution in [-0.2, 0) is 4.74 Å². The molecule has 13 heavy (non-hydrogen) atoms. The number of morpholine rings is 1. The molecule has 0 saturated carbocycles. The first-order valence-corrected chi connectivity index (χ1v) is 4.82. The van der Waals surface area contributed by atoms with Crippen LogP contribution >= 0.6 is 12.2 Å². The number of hydrogen-bond donors (Lipinski definition) is 0. The Bertz CT molecular complexity index is 198. The van der Waals surface area contributed by atoms with Gasteiger partial charge in [0.2, 0.25) is 0 Å². The second kappa shape index (κ2) is 5.19. The van der Waals surface area contributed by atoms with Crippen LogP contribution in [-0.4, -0.2) is 55.2 Å². The fraction of sp³-hybridized carbons (Fsp3) is 0.667. The van der Waals surface area contributed by atoms with E-state index in [-0.39, 0.29) is 0 Å². The van der Waals surface area contributed by atoms with Crippen molar-refractivity contribution < 1.29 is 4.74 Å². The molecule has 0 atom stereocenters. The summed E-state index contributed by atoms with van der Waals surface area (Å²) in [5.41, 5.74) is 0. The van der Waals surface area contributed by atoms with Crippen LogP contribution < -0.4 is 0 Å². The third kappa shape index (κ3) is 3.74. The number of rotatable bonds is 2.